The summed E-state index contributed by atoms with van der Waals surface area (Å²) in [6, 6.07) is 22.4. The van der Waals surface area contributed by atoms with Crippen LogP contribution < -0.4 is 10.5 Å². The molecule has 4 aromatic heterocycles. The number of rotatable bonds is 7. The third kappa shape index (κ3) is 4.62. The molecule has 0 saturated heterocycles. The van der Waals surface area contributed by atoms with Gasteiger partial charge < -0.3 is 15.5 Å². The van der Waals surface area contributed by atoms with E-state index in [9.17, 15) is 13.2 Å². The van der Waals surface area contributed by atoms with Crippen LogP contribution in [0.25, 0.3) is 38.8 Å². The van der Waals surface area contributed by atoms with E-state index in [4.69, 9.17) is 10.5 Å². The van der Waals surface area contributed by atoms with E-state index in [-0.39, 0.29) is 22.0 Å². The number of imidazole rings is 1. The lowest BCUT2D eigenvalue weighted by Crippen LogP contribution is -2.19. The normalized spacial score (nSPS) is 11.8. The molecular weight excluding hydrogens is 590 g/mol. The number of nitrogen functional groups attached to an aromatic ring is 1. The summed E-state index contributed by atoms with van der Waals surface area (Å²) >= 11 is 0. The van der Waals surface area contributed by atoms with Crippen molar-refractivity contribution in [3.63, 3.8) is 0 Å². The number of ketones is 1. The van der Waals surface area contributed by atoms with Crippen molar-refractivity contribution in [2.45, 2.75) is 18.7 Å². The molecule has 0 aliphatic heterocycles. The summed E-state index contributed by atoms with van der Waals surface area (Å²) in [6.07, 6.45) is 2.96. The number of methoxy groups -OCH3 is 1. The molecular formula is C33H27N7O4S. The van der Waals surface area contributed by atoms with Gasteiger partial charge in [0.15, 0.2) is 0 Å². The highest BCUT2D eigenvalue weighted by Crippen LogP contribution is 2.34. The van der Waals surface area contributed by atoms with Crippen LogP contribution in [-0.2, 0) is 10.0 Å². The van der Waals surface area contributed by atoms with Crippen LogP contribution in [0.1, 0.15) is 27.4 Å². The number of carbonyl (C=O) groups is 1. The predicted octanol–water partition coefficient (Wildman–Crippen LogP) is 5.44. The number of nitrogens with zero attached hydrogens (tertiary/aromatic N) is 5. The van der Waals surface area contributed by atoms with E-state index in [1.807, 2.05) is 44.2 Å². The Balaban J connectivity index is 1.41. The number of aromatic nitrogens is 6. The summed E-state index contributed by atoms with van der Waals surface area (Å²) in [5.41, 5.74) is 11.2. The van der Waals surface area contributed by atoms with Gasteiger partial charge in [0.25, 0.3) is 10.0 Å². The van der Waals surface area contributed by atoms with Crippen LogP contribution in [-0.4, -0.2) is 50.0 Å². The van der Waals surface area contributed by atoms with Crippen molar-refractivity contribution < 1.29 is 17.9 Å². The largest absolute Gasteiger partial charge is 0.481 e. The van der Waals surface area contributed by atoms with E-state index in [1.54, 1.807) is 42.6 Å². The molecule has 0 unspecified atom stereocenters. The molecule has 0 spiro atoms. The number of H-pyrrole nitrogens is 1. The molecule has 0 atom stereocenters. The van der Waals surface area contributed by atoms with Gasteiger partial charge in [0, 0.05) is 17.1 Å². The lowest BCUT2D eigenvalue weighted by Gasteiger charge is -2.13. The number of carbonyl (C=O) groups excluding carboxylic acids is 1. The fourth-order valence-corrected chi connectivity index (χ4v) is 6.98. The monoisotopic (exact) mass is 617 g/mol. The number of aromatic amines is 1. The highest BCUT2D eigenvalue weighted by atomic mass is 32.2. The molecule has 3 N–H and O–H groups in total. The molecule has 7 rings (SSSR count). The number of nitrogens with one attached hydrogen (secondary N) is 1. The number of benzene rings is 3. The molecule has 0 bridgehead atoms. The Bertz CT molecular complexity index is 2390. The van der Waals surface area contributed by atoms with Gasteiger partial charge >= 0.3 is 0 Å². The number of hydrogen-bond acceptors (Lipinski definition) is 8. The minimum Gasteiger partial charge on any atom is -0.481 e. The van der Waals surface area contributed by atoms with Crippen molar-refractivity contribution in [1.29, 1.82) is 0 Å². The van der Waals surface area contributed by atoms with Crippen LogP contribution >= 0.6 is 0 Å². The maximum Gasteiger partial charge on any atom is 0.268 e. The van der Waals surface area contributed by atoms with Crippen molar-refractivity contribution in [1.82, 2.24) is 28.7 Å². The first kappa shape index (κ1) is 28.0. The topological polar surface area (TPSA) is 151 Å². The average Bonchev–Trinajstić information content (AvgIpc) is 3.74. The summed E-state index contributed by atoms with van der Waals surface area (Å²) < 4.78 is 36.6. The molecule has 7 aromatic rings. The number of anilines is 1. The second kappa shape index (κ2) is 10.5. The minimum atomic E-state index is -4.25. The summed E-state index contributed by atoms with van der Waals surface area (Å²) in [4.78, 5) is 26.2. The first-order chi connectivity index (χ1) is 21.7. The molecule has 0 aliphatic rings. The zero-order valence-corrected chi connectivity index (χ0v) is 25.3. The second-order valence-electron chi connectivity index (χ2n) is 10.7. The van der Waals surface area contributed by atoms with Crippen LogP contribution in [0.5, 0.6) is 5.88 Å². The fourth-order valence-electron chi connectivity index (χ4n) is 5.48. The Morgan fingerprint density at radius 1 is 0.978 bits per heavy atom. The molecule has 0 radical (unpaired) electrons. The van der Waals surface area contributed by atoms with E-state index in [1.165, 1.54) is 30.1 Å². The van der Waals surface area contributed by atoms with E-state index >= 15 is 0 Å². The number of ether oxygens (including phenoxy) is 1. The van der Waals surface area contributed by atoms with Crippen molar-refractivity contribution >= 4 is 43.6 Å². The molecule has 12 heteroatoms. The zero-order chi connectivity index (χ0) is 31.5. The summed E-state index contributed by atoms with van der Waals surface area (Å²) in [7, 11) is -2.73. The smallest absolute Gasteiger partial charge is 0.268 e. The molecule has 224 valence electrons. The van der Waals surface area contributed by atoms with Crippen LogP contribution in [0.3, 0.4) is 0 Å². The molecule has 0 saturated carbocycles. The molecule has 0 aliphatic carbocycles. The third-order valence-corrected chi connectivity index (χ3v) is 9.45. The zero-order valence-electron chi connectivity index (χ0n) is 24.5. The maximum absolute atomic E-state index is 14.3. The lowest BCUT2D eigenvalue weighted by atomic mass is 10.1. The summed E-state index contributed by atoms with van der Waals surface area (Å²) in [6.45, 7) is 3.73. The Hall–Kier alpha value is -5.75. The van der Waals surface area contributed by atoms with Gasteiger partial charge in [0.2, 0.25) is 11.7 Å². The first-order valence-corrected chi connectivity index (χ1v) is 15.4. The Morgan fingerprint density at radius 2 is 1.78 bits per heavy atom. The lowest BCUT2D eigenvalue weighted by molar-refractivity contribution is 0.103. The van der Waals surface area contributed by atoms with E-state index < -0.39 is 15.8 Å². The van der Waals surface area contributed by atoms with Gasteiger partial charge in [-0.25, -0.2) is 27.0 Å². The molecule has 4 heterocycles. The van der Waals surface area contributed by atoms with Crippen molar-refractivity contribution in [3.8, 4) is 22.7 Å². The van der Waals surface area contributed by atoms with Gasteiger partial charge in [-0.3, -0.25) is 4.79 Å². The van der Waals surface area contributed by atoms with Gasteiger partial charge in [0.1, 0.15) is 17.3 Å². The SMILES string of the molecule is COc1ncccc1-c1ccc2cc(C(=O)c3cnn(-c4ccc5[nH]c(C)nc5c4)c3N)n(S(=O)(=O)c3ccc(C)cc3)c2c1. The van der Waals surface area contributed by atoms with Crippen LogP contribution in [0.15, 0.2) is 96.2 Å². The van der Waals surface area contributed by atoms with Crippen molar-refractivity contribution in [3.05, 3.63) is 114 Å². The van der Waals surface area contributed by atoms with Gasteiger partial charge in [0.05, 0.1) is 46.0 Å². The number of pyridine rings is 1. The summed E-state index contributed by atoms with van der Waals surface area (Å²) in [5, 5.41) is 4.93. The highest BCUT2D eigenvalue weighted by molar-refractivity contribution is 7.90. The molecule has 0 fully saturated rings. The maximum atomic E-state index is 14.3. The molecule has 11 nitrogen and oxygen atoms in total. The van der Waals surface area contributed by atoms with Crippen molar-refractivity contribution in [2.24, 2.45) is 0 Å². The first-order valence-electron chi connectivity index (χ1n) is 14.0. The quantitative estimate of drug-likeness (QED) is 0.225. The minimum absolute atomic E-state index is 0.0373. The fraction of sp³-hybridized carbons (Fsp3) is 0.0909. The highest BCUT2D eigenvalue weighted by Gasteiger charge is 2.29. The number of nitrogens with two attached hydrogens (primary N) is 1. The van der Waals surface area contributed by atoms with Crippen LogP contribution in [0.2, 0.25) is 0 Å². The van der Waals surface area contributed by atoms with E-state index in [0.29, 0.717) is 33.6 Å². The number of aryl methyl sites for hydroxylation is 2. The van der Waals surface area contributed by atoms with Gasteiger partial charge in [-0.05, 0) is 74.0 Å². The van der Waals surface area contributed by atoms with Gasteiger partial charge in [-0.2, -0.15) is 5.10 Å². The Kier molecular flexibility index (Phi) is 6.52. The van der Waals surface area contributed by atoms with E-state index in [2.05, 4.69) is 20.1 Å². The average molecular weight is 618 g/mol. The second-order valence-corrected chi connectivity index (χ2v) is 12.4. The van der Waals surface area contributed by atoms with Gasteiger partial charge in [-0.1, -0.05) is 29.8 Å². The number of fused-ring (bicyclic) bond motifs is 2. The molecule has 0 amide bonds. The van der Waals surface area contributed by atoms with E-state index in [0.717, 1.165) is 26.4 Å². The van der Waals surface area contributed by atoms with Crippen molar-refractivity contribution in [2.75, 3.05) is 12.8 Å². The predicted molar refractivity (Wildman–Crippen MR) is 171 cm³/mol. The number of hydrogen-bond donors (Lipinski definition) is 2. The van der Waals surface area contributed by atoms with Gasteiger partial charge in [-0.15, -0.1) is 0 Å². The standard InChI is InChI=1S/C33H27N7O4S/c1-19-6-11-24(12-7-19)45(42,43)40-29-15-21(25-5-4-14-35-33(25)44-3)8-9-22(29)16-30(40)31(41)26-18-36-39(32(26)34)23-10-13-27-28(17-23)38-20(2)37-27/h4-18H,34H2,1-3H3,(H,37,38). The Morgan fingerprint density at radius 3 is 2.56 bits per heavy atom. The third-order valence-electron chi connectivity index (χ3n) is 7.71. The summed E-state index contributed by atoms with van der Waals surface area (Å²) in [5.74, 6) is 0.620. The molecule has 3 aromatic carbocycles. The Labute approximate surface area is 258 Å². The van der Waals surface area contributed by atoms with Crippen LogP contribution in [0, 0.1) is 13.8 Å². The molecule has 45 heavy (non-hydrogen) atoms. The van der Waals surface area contributed by atoms with Crippen LogP contribution in [0.4, 0.5) is 5.82 Å².